The Morgan fingerprint density at radius 2 is 2.20 bits per heavy atom. The van der Waals surface area contributed by atoms with E-state index in [0.717, 1.165) is 6.61 Å². The molecule has 1 aliphatic heterocycles. The highest BCUT2D eigenvalue weighted by Gasteiger charge is 2.25. The Balaban J connectivity index is 2.08. The topological polar surface area (TPSA) is 9.23 Å². The summed E-state index contributed by atoms with van der Waals surface area (Å²) < 4.78 is 4.85. The van der Waals surface area contributed by atoms with Crippen LogP contribution in [0.2, 0.25) is 0 Å². The van der Waals surface area contributed by atoms with E-state index in [1.54, 1.807) is 0 Å². The van der Waals surface area contributed by atoms with E-state index in [9.17, 15) is 0 Å². The van der Waals surface area contributed by atoms with Crippen molar-refractivity contribution < 1.29 is 4.74 Å². The average molecular weight is 71.1 g/mol. The molecule has 5 heavy (non-hydrogen) atoms. The van der Waals surface area contributed by atoms with Crippen molar-refractivity contribution in [2.24, 2.45) is 0 Å². The van der Waals surface area contributed by atoms with Gasteiger partial charge < -0.3 is 0 Å². The van der Waals surface area contributed by atoms with Crippen LogP contribution < -0.4 is 0 Å². The van der Waals surface area contributed by atoms with Gasteiger partial charge in [-0.15, -0.1) is 0 Å². The van der Waals surface area contributed by atoms with Gasteiger partial charge in [0.2, 0.25) is 6.10 Å². The smallest absolute Gasteiger partial charge is 0.190 e. The Kier molecular flexibility index (Phi) is 0.548. The molecule has 1 saturated heterocycles. The molecule has 0 spiro atoms. The molecular formula is C4H7O+. The van der Waals surface area contributed by atoms with Crippen LogP contribution >= 0.6 is 0 Å². The van der Waals surface area contributed by atoms with E-state index < -0.39 is 0 Å². The zero-order valence-corrected chi connectivity index (χ0v) is 3.32. The molecule has 0 bridgehead atoms. The first kappa shape index (κ1) is 3.04. The zero-order valence-electron chi connectivity index (χ0n) is 3.32. The monoisotopic (exact) mass is 71.0 g/mol. The summed E-state index contributed by atoms with van der Waals surface area (Å²) in [5.41, 5.74) is 0. The van der Waals surface area contributed by atoms with Crippen molar-refractivity contribution in [2.75, 3.05) is 6.61 Å². The van der Waals surface area contributed by atoms with Crippen LogP contribution in [0.15, 0.2) is 0 Å². The van der Waals surface area contributed by atoms with Gasteiger partial charge in [0.15, 0.2) is 6.42 Å². The first-order chi connectivity index (χ1) is 2.39. The first-order valence-corrected chi connectivity index (χ1v) is 1.85. The number of ether oxygens (including phenoxy) is 1. The van der Waals surface area contributed by atoms with Crippen LogP contribution in [0.1, 0.15) is 13.3 Å². The first-order valence-electron chi connectivity index (χ1n) is 1.85. The SMILES string of the molecule is C[C+]1CCO1. The van der Waals surface area contributed by atoms with Gasteiger partial charge in [-0.1, -0.05) is 0 Å². The number of hydrogen-bond acceptors (Lipinski definition) is 1. The maximum Gasteiger partial charge on any atom is 0.240 e. The Bertz CT molecular complexity index is 30.6. The van der Waals surface area contributed by atoms with Crippen molar-refractivity contribution in [3.8, 4) is 0 Å². The molecule has 0 aromatic heterocycles. The summed E-state index contributed by atoms with van der Waals surface area (Å²) in [7, 11) is 0. The zero-order chi connectivity index (χ0) is 3.70. The second-order valence-corrected chi connectivity index (χ2v) is 1.30. The molecule has 1 rings (SSSR count). The van der Waals surface area contributed by atoms with E-state index in [2.05, 4.69) is 0 Å². The van der Waals surface area contributed by atoms with Gasteiger partial charge in [-0.05, 0) is 0 Å². The molecule has 0 unspecified atom stereocenters. The third-order valence-electron chi connectivity index (χ3n) is 0.803. The summed E-state index contributed by atoms with van der Waals surface area (Å²) in [6.07, 6.45) is 2.37. The van der Waals surface area contributed by atoms with E-state index in [1.807, 2.05) is 6.92 Å². The van der Waals surface area contributed by atoms with Gasteiger partial charge in [-0.2, -0.15) is 4.74 Å². The van der Waals surface area contributed by atoms with Crippen LogP contribution in [0.25, 0.3) is 0 Å². The molecule has 1 aliphatic rings. The molecule has 0 aromatic rings. The largest absolute Gasteiger partial charge is 0.240 e. The maximum atomic E-state index is 4.85. The quantitative estimate of drug-likeness (QED) is 0.386. The molecule has 28 valence electrons. The minimum Gasteiger partial charge on any atom is -0.190 e. The summed E-state index contributed by atoms with van der Waals surface area (Å²) in [4.78, 5) is 0. The van der Waals surface area contributed by atoms with E-state index in [-0.39, 0.29) is 0 Å². The third-order valence-corrected chi connectivity index (χ3v) is 0.803. The van der Waals surface area contributed by atoms with Crippen LogP contribution in [0.3, 0.4) is 0 Å². The molecule has 1 nitrogen and oxygen atoms in total. The normalized spacial score (nSPS) is 22.2. The highest BCUT2D eigenvalue weighted by Crippen LogP contribution is 2.16. The summed E-state index contributed by atoms with van der Waals surface area (Å²) in [5.74, 6) is 0. The van der Waals surface area contributed by atoms with Gasteiger partial charge in [0.05, 0.1) is 0 Å². The summed E-state index contributed by atoms with van der Waals surface area (Å²) in [5, 5.41) is 0. The molecule has 0 amide bonds. The lowest BCUT2D eigenvalue weighted by atomic mass is 10.2. The predicted molar refractivity (Wildman–Crippen MR) is 19.5 cm³/mol. The lowest BCUT2D eigenvalue weighted by Gasteiger charge is -2.04. The minimum absolute atomic E-state index is 0.950. The second-order valence-electron chi connectivity index (χ2n) is 1.30. The van der Waals surface area contributed by atoms with Gasteiger partial charge >= 0.3 is 0 Å². The van der Waals surface area contributed by atoms with Gasteiger partial charge in [0.1, 0.15) is 13.5 Å². The van der Waals surface area contributed by atoms with Crippen LogP contribution in [0, 0.1) is 6.10 Å². The van der Waals surface area contributed by atoms with Crippen molar-refractivity contribution in [3.05, 3.63) is 6.10 Å². The fraction of sp³-hybridized carbons (Fsp3) is 0.750. The van der Waals surface area contributed by atoms with Gasteiger partial charge in [0.25, 0.3) is 0 Å². The molecule has 1 heterocycles. The highest BCUT2D eigenvalue weighted by atomic mass is 16.5. The van der Waals surface area contributed by atoms with Crippen LogP contribution in [0.5, 0.6) is 0 Å². The standard InChI is InChI=1S/C4H7O/c1-4-2-3-5-4/h2-3H2,1H3/q+1. The lowest BCUT2D eigenvalue weighted by Crippen LogP contribution is -2.13. The van der Waals surface area contributed by atoms with Crippen LogP contribution in [-0.4, -0.2) is 6.61 Å². The van der Waals surface area contributed by atoms with E-state index in [4.69, 9.17) is 4.74 Å². The fourth-order valence-electron chi connectivity index (χ4n) is 0.306. The Hall–Kier alpha value is -0.170. The third kappa shape index (κ3) is 0.377. The van der Waals surface area contributed by atoms with Crippen molar-refractivity contribution in [1.29, 1.82) is 0 Å². The fourth-order valence-corrected chi connectivity index (χ4v) is 0.306. The maximum absolute atomic E-state index is 4.85. The van der Waals surface area contributed by atoms with E-state index in [1.165, 1.54) is 12.5 Å². The van der Waals surface area contributed by atoms with Gasteiger partial charge in [-0.3, -0.25) is 0 Å². The van der Waals surface area contributed by atoms with Crippen LogP contribution in [0.4, 0.5) is 0 Å². The summed E-state index contributed by atoms with van der Waals surface area (Å²) in [6, 6.07) is 0. The van der Waals surface area contributed by atoms with Crippen molar-refractivity contribution in [1.82, 2.24) is 0 Å². The minimum atomic E-state index is 0.950. The van der Waals surface area contributed by atoms with Crippen molar-refractivity contribution >= 4 is 0 Å². The Morgan fingerprint density at radius 1 is 1.80 bits per heavy atom. The van der Waals surface area contributed by atoms with E-state index in [0.29, 0.717) is 0 Å². The summed E-state index contributed by atoms with van der Waals surface area (Å²) >= 11 is 0. The number of rotatable bonds is 0. The molecule has 0 radical (unpaired) electrons. The second kappa shape index (κ2) is 0.902. The highest BCUT2D eigenvalue weighted by molar-refractivity contribution is 4.78. The molecule has 1 heteroatoms. The molecular weight excluding hydrogens is 64.0 g/mol. The summed E-state index contributed by atoms with van der Waals surface area (Å²) in [6.45, 7) is 2.95. The van der Waals surface area contributed by atoms with Gasteiger partial charge in [-0.25, -0.2) is 0 Å². The van der Waals surface area contributed by atoms with Crippen molar-refractivity contribution in [2.45, 2.75) is 13.3 Å². The molecule has 0 aliphatic carbocycles. The van der Waals surface area contributed by atoms with E-state index >= 15 is 0 Å². The van der Waals surface area contributed by atoms with Gasteiger partial charge in [0, 0.05) is 0 Å². The van der Waals surface area contributed by atoms with Crippen molar-refractivity contribution in [3.63, 3.8) is 0 Å². The molecule has 0 atom stereocenters. The number of hydrogen-bond donors (Lipinski definition) is 0. The molecule has 1 fully saturated rings. The lowest BCUT2D eigenvalue weighted by molar-refractivity contribution is 0.0497. The average Bonchev–Trinajstić information content (AvgIpc) is 1.30. The molecule has 0 saturated carbocycles. The molecule has 0 aromatic carbocycles. The Labute approximate surface area is 31.9 Å². The Morgan fingerprint density at radius 3 is 2.20 bits per heavy atom. The van der Waals surface area contributed by atoms with Crippen LogP contribution in [-0.2, 0) is 4.74 Å². The molecule has 0 N–H and O–H groups in total. The predicted octanol–water partition coefficient (Wildman–Crippen LogP) is 0.959.